The van der Waals surface area contributed by atoms with Gasteiger partial charge < -0.3 is 15.5 Å². The highest BCUT2D eigenvalue weighted by molar-refractivity contribution is 8.14. The van der Waals surface area contributed by atoms with Crippen molar-refractivity contribution in [2.45, 2.75) is 12.1 Å². The Bertz CT molecular complexity index is 569. The maximum atomic E-state index is 12.7. The zero-order chi connectivity index (χ0) is 14.8. The van der Waals surface area contributed by atoms with Gasteiger partial charge in [-0.1, -0.05) is 35.5 Å². The SMILES string of the molecule is O=C1N[C@H](C(=O)N2CCNCC2c2cccc(Cl)c2)CS1. The fraction of sp³-hybridized carbons (Fsp3) is 0.429. The van der Waals surface area contributed by atoms with Crippen molar-refractivity contribution in [2.24, 2.45) is 0 Å². The van der Waals surface area contributed by atoms with Crippen LogP contribution >= 0.6 is 23.4 Å². The molecule has 2 atom stereocenters. The summed E-state index contributed by atoms with van der Waals surface area (Å²) in [6.45, 7) is 2.09. The van der Waals surface area contributed by atoms with Crippen molar-refractivity contribution in [3.05, 3.63) is 34.9 Å². The molecule has 7 heteroatoms. The average molecular weight is 326 g/mol. The third-order valence-corrected chi connectivity index (χ3v) is 4.85. The van der Waals surface area contributed by atoms with Gasteiger partial charge in [-0.05, 0) is 17.7 Å². The van der Waals surface area contributed by atoms with Gasteiger partial charge in [0.2, 0.25) is 5.91 Å². The zero-order valence-corrected chi connectivity index (χ0v) is 12.9. The number of thioether (sulfide) groups is 1. The smallest absolute Gasteiger partial charge is 0.279 e. The Hall–Kier alpha value is -1.24. The summed E-state index contributed by atoms with van der Waals surface area (Å²) in [6, 6.07) is 7.12. The standard InChI is InChI=1S/C14H16ClN3O2S/c15-10-3-1-2-9(6-10)12-7-16-4-5-18(12)13(19)11-8-21-14(20)17-11/h1-3,6,11-12,16H,4-5,7-8H2,(H,17,20)/t11-,12?/m0/s1. The Morgan fingerprint density at radius 3 is 3.00 bits per heavy atom. The lowest BCUT2D eigenvalue weighted by Gasteiger charge is -2.37. The Morgan fingerprint density at radius 1 is 1.43 bits per heavy atom. The van der Waals surface area contributed by atoms with E-state index in [1.807, 2.05) is 29.2 Å². The molecular formula is C14H16ClN3O2S. The first-order valence-electron chi connectivity index (χ1n) is 6.85. The van der Waals surface area contributed by atoms with E-state index < -0.39 is 6.04 Å². The topological polar surface area (TPSA) is 61.4 Å². The van der Waals surface area contributed by atoms with Gasteiger partial charge in [-0.15, -0.1) is 0 Å². The molecule has 1 aromatic rings. The molecule has 3 rings (SSSR count). The normalized spacial score (nSPS) is 25.8. The van der Waals surface area contributed by atoms with Crippen LogP contribution in [-0.4, -0.2) is 47.5 Å². The van der Waals surface area contributed by atoms with Gasteiger partial charge in [0, 0.05) is 30.4 Å². The van der Waals surface area contributed by atoms with Gasteiger partial charge in [-0.25, -0.2) is 0 Å². The van der Waals surface area contributed by atoms with E-state index >= 15 is 0 Å². The molecule has 2 heterocycles. The van der Waals surface area contributed by atoms with Crippen LogP contribution in [-0.2, 0) is 4.79 Å². The van der Waals surface area contributed by atoms with Crippen LogP contribution in [0, 0.1) is 0 Å². The second-order valence-electron chi connectivity index (χ2n) is 5.10. The van der Waals surface area contributed by atoms with Gasteiger partial charge in [0.05, 0.1) is 6.04 Å². The van der Waals surface area contributed by atoms with Gasteiger partial charge in [0.25, 0.3) is 5.24 Å². The summed E-state index contributed by atoms with van der Waals surface area (Å²) in [5.74, 6) is 0.490. The minimum Gasteiger partial charge on any atom is -0.334 e. The first-order valence-corrected chi connectivity index (χ1v) is 8.21. The molecule has 0 bridgehead atoms. The Morgan fingerprint density at radius 2 is 2.29 bits per heavy atom. The number of hydrogen-bond donors (Lipinski definition) is 2. The summed E-state index contributed by atoms with van der Waals surface area (Å²) >= 11 is 7.22. The maximum Gasteiger partial charge on any atom is 0.279 e. The van der Waals surface area contributed by atoms with Crippen molar-refractivity contribution in [1.29, 1.82) is 0 Å². The number of rotatable bonds is 2. The molecule has 0 spiro atoms. The summed E-state index contributed by atoms with van der Waals surface area (Å²) in [5.41, 5.74) is 1.01. The van der Waals surface area contributed by atoms with Crippen LogP contribution in [0.25, 0.3) is 0 Å². The fourth-order valence-electron chi connectivity index (χ4n) is 2.70. The van der Waals surface area contributed by atoms with Crippen LogP contribution < -0.4 is 10.6 Å². The van der Waals surface area contributed by atoms with Crippen LogP contribution in [0.4, 0.5) is 4.79 Å². The zero-order valence-electron chi connectivity index (χ0n) is 11.3. The molecule has 1 aromatic carbocycles. The fourth-order valence-corrected chi connectivity index (χ4v) is 3.67. The molecule has 2 aliphatic rings. The quantitative estimate of drug-likeness (QED) is 0.868. The van der Waals surface area contributed by atoms with E-state index in [0.29, 0.717) is 23.9 Å². The molecule has 0 saturated carbocycles. The molecule has 2 N–H and O–H groups in total. The third kappa shape index (κ3) is 3.17. The first-order chi connectivity index (χ1) is 10.1. The molecule has 0 aromatic heterocycles. The predicted molar refractivity (Wildman–Crippen MR) is 83.6 cm³/mol. The van der Waals surface area contributed by atoms with Crippen molar-refractivity contribution in [3.63, 3.8) is 0 Å². The number of piperazine rings is 1. The summed E-state index contributed by atoms with van der Waals surface area (Å²) in [6.07, 6.45) is 0. The van der Waals surface area contributed by atoms with Gasteiger partial charge in [-0.3, -0.25) is 9.59 Å². The van der Waals surface area contributed by atoms with Crippen molar-refractivity contribution in [1.82, 2.24) is 15.5 Å². The minimum absolute atomic E-state index is 0.0141. The number of carbonyl (C=O) groups excluding carboxylic acids is 2. The van der Waals surface area contributed by atoms with Gasteiger partial charge in [0.1, 0.15) is 6.04 Å². The van der Waals surface area contributed by atoms with Gasteiger partial charge in [0.15, 0.2) is 0 Å². The molecule has 5 nitrogen and oxygen atoms in total. The van der Waals surface area contributed by atoms with Crippen molar-refractivity contribution in [3.8, 4) is 0 Å². The third-order valence-electron chi connectivity index (χ3n) is 3.73. The van der Waals surface area contributed by atoms with E-state index in [9.17, 15) is 9.59 Å². The second kappa shape index (κ2) is 6.25. The van der Waals surface area contributed by atoms with Crippen molar-refractivity contribution in [2.75, 3.05) is 25.4 Å². The molecular weight excluding hydrogens is 310 g/mol. The molecule has 112 valence electrons. The van der Waals surface area contributed by atoms with Gasteiger partial charge >= 0.3 is 0 Å². The Labute approximate surface area is 132 Å². The number of halogens is 1. The summed E-state index contributed by atoms with van der Waals surface area (Å²) in [4.78, 5) is 25.8. The molecule has 0 radical (unpaired) electrons. The molecule has 2 fully saturated rings. The van der Waals surface area contributed by atoms with E-state index in [4.69, 9.17) is 11.6 Å². The highest BCUT2D eigenvalue weighted by Crippen LogP contribution is 2.26. The molecule has 2 aliphatic heterocycles. The second-order valence-corrected chi connectivity index (χ2v) is 6.53. The van der Waals surface area contributed by atoms with Gasteiger partial charge in [-0.2, -0.15) is 0 Å². The molecule has 1 unspecified atom stereocenters. The van der Waals surface area contributed by atoms with E-state index in [2.05, 4.69) is 10.6 Å². The van der Waals surface area contributed by atoms with E-state index in [-0.39, 0.29) is 17.2 Å². The molecule has 21 heavy (non-hydrogen) atoms. The number of hydrogen-bond acceptors (Lipinski definition) is 4. The summed E-state index contributed by atoms with van der Waals surface area (Å²) in [7, 11) is 0. The van der Waals surface area contributed by atoms with Crippen molar-refractivity contribution < 1.29 is 9.59 Å². The lowest BCUT2D eigenvalue weighted by molar-refractivity contribution is -0.135. The molecule has 0 aliphatic carbocycles. The highest BCUT2D eigenvalue weighted by atomic mass is 35.5. The maximum absolute atomic E-state index is 12.7. The monoisotopic (exact) mass is 325 g/mol. The van der Waals surface area contributed by atoms with E-state index in [0.717, 1.165) is 23.9 Å². The Balaban J connectivity index is 1.81. The minimum atomic E-state index is -0.415. The summed E-state index contributed by atoms with van der Waals surface area (Å²) in [5, 5.41) is 6.57. The van der Waals surface area contributed by atoms with E-state index in [1.165, 1.54) is 0 Å². The van der Waals surface area contributed by atoms with Crippen LogP contribution in [0.3, 0.4) is 0 Å². The first kappa shape index (κ1) is 14.7. The average Bonchev–Trinajstić information content (AvgIpc) is 2.93. The Kier molecular flexibility index (Phi) is 4.37. The van der Waals surface area contributed by atoms with Crippen LogP contribution in [0.15, 0.2) is 24.3 Å². The van der Waals surface area contributed by atoms with E-state index in [1.54, 1.807) is 0 Å². The predicted octanol–water partition coefficient (Wildman–Crippen LogP) is 1.64. The number of benzene rings is 1. The van der Waals surface area contributed by atoms with Crippen LogP contribution in [0.5, 0.6) is 0 Å². The largest absolute Gasteiger partial charge is 0.334 e. The lowest BCUT2D eigenvalue weighted by Crippen LogP contribution is -2.54. The summed E-state index contributed by atoms with van der Waals surface area (Å²) < 4.78 is 0. The lowest BCUT2D eigenvalue weighted by atomic mass is 10.0. The highest BCUT2D eigenvalue weighted by Gasteiger charge is 2.36. The molecule has 2 saturated heterocycles. The van der Waals surface area contributed by atoms with Crippen LogP contribution in [0.2, 0.25) is 5.02 Å². The van der Waals surface area contributed by atoms with Crippen molar-refractivity contribution >= 4 is 34.5 Å². The number of amides is 2. The van der Waals surface area contributed by atoms with Crippen LogP contribution in [0.1, 0.15) is 11.6 Å². The number of nitrogens with zero attached hydrogens (tertiary/aromatic N) is 1. The number of carbonyl (C=O) groups is 2. The molecule has 2 amide bonds. The number of nitrogens with one attached hydrogen (secondary N) is 2.